The number of esters is 3. The summed E-state index contributed by atoms with van der Waals surface area (Å²) in [6.45, 7) is 6.55. The first-order valence-corrected chi connectivity index (χ1v) is 35.6. The van der Waals surface area contributed by atoms with Crippen LogP contribution in [0.5, 0.6) is 0 Å². The van der Waals surface area contributed by atoms with Crippen molar-refractivity contribution >= 4 is 17.9 Å². The molecule has 0 spiro atoms. The molecule has 0 bridgehead atoms. The highest BCUT2D eigenvalue weighted by Crippen LogP contribution is 2.18. The summed E-state index contributed by atoms with van der Waals surface area (Å²) in [5.74, 6) is -0.859. The van der Waals surface area contributed by atoms with E-state index >= 15 is 0 Å². The van der Waals surface area contributed by atoms with Gasteiger partial charge in [0.1, 0.15) is 13.2 Å². The minimum absolute atomic E-state index is 0.0729. The Bertz CT molecular complexity index is 1550. The lowest BCUT2D eigenvalue weighted by Gasteiger charge is -2.18. The first-order valence-electron chi connectivity index (χ1n) is 35.6. The van der Waals surface area contributed by atoms with Crippen molar-refractivity contribution in [1.82, 2.24) is 0 Å². The van der Waals surface area contributed by atoms with Gasteiger partial charge in [0.25, 0.3) is 0 Å². The first-order chi connectivity index (χ1) is 40.5. The van der Waals surface area contributed by atoms with Crippen LogP contribution in [0.4, 0.5) is 0 Å². The molecule has 0 aromatic rings. The van der Waals surface area contributed by atoms with E-state index < -0.39 is 6.10 Å². The number of carbonyl (C=O) groups is 3. The Kier molecular flexibility index (Phi) is 67.2. The van der Waals surface area contributed by atoms with E-state index in [1.165, 1.54) is 225 Å². The molecule has 474 valence electrons. The highest BCUT2D eigenvalue weighted by Gasteiger charge is 2.19. The van der Waals surface area contributed by atoms with Crippen molar-refractivity contribution < 1.29 is 28.6 Å². The average Bonchev–Trinajstić information content (AvgIpc) is 3.47. The van der Waals surface area contributed by atoms with Gasteiger partial charge in [-0.15, -0.1) is 0 Å². The van der Waals surface area contributed by atoms with E-state index in [0.29, 0.717) is 19.3 Å². The molecular weight excluding hydrogens is 1010 g/mol. The van der Waals surface area contributed by atoms with Crippen LogP contribution in [0.1, 0.15) is 361 Å². The third-order valence-corrected chi connectivity index (χ3v) is 15.6. The van der Waals surface area contributed by atoms with E-state index in [1.807, 2.05) is 0 Å². The van der Waals surface area contributed by atoms with Gasteiger partial charge in [0.15, 0.2) is 6.10 Å². The zero-order valence-corrected chi connectivity index (χ0v) is 54.5. The fourth-order valence-corrected chi connectivity index (χ4v) is 10.3. The second kappa shape index (κ2) is 70.1. The zero-order valence-electron chi connectivity index (χ0n) is 54.5. The van der Waals surface area contributed by atoms with Crippen molar-refractivity contribution in [3.8, 4) is 0 Å². The molecule has 6 heteroatoms. The molecule has 0 rings (SSSR count). The van der Waals surface area contributed by atoms with Crippen LogP contribution >= 0.6 is 0 Å². The number of allylic oxidation sites excluding steroid dienone is 14. The van der Waals surface area contributed by atoms with Crippen LogP contribution < -0.4 is 0 Å². The van der Waals surface area contributed by atoms with E-state index in [-0.39, 0.29) is 31.1 Å². The van der Waals surface area contributed by atoms with Gasteiger partial charge in [-0.3, -0.25) is 14.4 Å². The molecule has 0 amide bonds. The second-order valence-electron chi connectivity index (χ2n) is 23.8. The fourth-order valence-electron chi connectivity index (χ4n) is 10.3. The Morgan fingerprint density at radius 3 is 0.744 bits per heavy atom. The van der Waals surface area contributed by atoms with Crippen LogP contribution in [0, 0.1) is 0 Å². The first kappa shape index (κ1) is 78.6. The maximum Gasteiger partial charge on any atom is 0.306 e. The maximum atomic E-state index is 12.9. The van der Waals surface area contributed by atoms with E-state index in [9.17, 15) is 14.4 Å². The number of unbranched alkanes of at least 4 members (excludes halogenated alkanes) is 40. The SMILES string of the molecule is CC/C=C\C/C=C\C/C=C\C/C=C\CCCCCCCCCCCCCCC(=O)OC(COC(=O)CCCCCCCCCCCC)COC(=O)CCCCCCCCCCCCCCCC/C=C\C/C=C\C/C=C\CCCCCCC. The van der Waals surface area contributed by atoms with Crippen molar-refractivity contribution in [2.45, 2.75) is 367 Å². The number of hydrogen-bond donors (Lipinski definition) is 0. The minimum atomic E-state index is -0.776. The highest BCUT2D eigenvalue weighted by atomic mass is 16.6. The molecule has 0 fully saturated rings. The summed E-state index contributed by atoms with van der Waals surface area (Å²) in [6, 6.07) is 0. The lowest BCUT2D eigenvalue weighted by Crippen LogP contribution is -2.30. The van der Waals surface area contributed by atoms with Gasteiger partial charge in [-0.05, 0) is 96.3 Å². The van der Waals surface area contributed by atoms with Crippen molar-refractivity contribution in [2.75, 3.05) is 13.2 Å². The van der Waals surface area contributed by atoms with Crippen LogP contribution in [0.15, 0.2) is 85.1 Å². The average molecular weight is 1140 g/mol. The van der Waals surface area contributed by atoms with Crippen molar-refractivity contribution in [2.24, 2.45) is 0 Å². The molecule has 0 aliphatic carbocycles. The van der Waals surface area contributed by atoms with Crippen LogP contribution in [0.25, 0.3) is 0 Å². The molecule has 0 heterocycles. The van der Waals surface area contributed by atoms with E-state index in [2.05, 4.69) is 106 Å². The summed E-state index contributed by atoms with van der Waals surface area (Å²) in [7, 11) is 0. The van der Waals surface area contributed by atoms with Crippen molar-refractivity contribution in [1.29, 1.82) is 0 Å². The van der Waals surface area contributed by atoms with Gasteiger partial charge in [-0.1, -0.05) is 331 Å². The predicted octanol–water partition coefficient (Wildman–Crippen LogP) is 24.6. The summed E-state index contributed by atoms with van der Waals surface area (Å²) >= 11 is 0. The largest absolute Gasteiger partial charge is 0.462 e. The molecule has 1 atom stereocenters. The van der Waals surface area contributed by atoms with E-state index in [0.717, 1.165) is 96.3 Å². The number of rotatable bonds is 65. The molecule has 0 aliphatic heterocycles. The standard InChI is InChI=1S/C76H134O6/c1-4-7-10-13-16-19-22-24-26-28-30-32-34-36-37-38-39-41-42-44-46-48-50-52-54-57-60-63-66-69-75(78)81-72-73(71-80-74(77)68-65-62-59-56-21-18-15-12-9-6-3)82-76(79)70-67-64-61-58-55-53-51-49-47-45-43-40-35-33-31-29-27-25-23-20-17-14-11-8-5-2/h8,11,17,20,22,24-25,27-28,30-31,33-34,36,73H,4-7,9-10,12-16,18-19,21,23,26,29,32,35,37-72H2,1-3H3/b11-8-,20-17-,24-22-,27-25-,30-28-,33-31-,36-34-. The Labute approximate surface area is 509 Å². The predicted molar refractivity (Wildman–Crippen MR) is 358 cm³/mol. The molecule has 0 aromatic heterocycles. The molecule has 1 unspecified atom stereocenters. The summed E-state index contributed by atoms with van der Waals surface area (Å²) in [5.41, 5.74) is 0. The smallest absolute Gasteiger partial charge is 0.306 e. The van der Waals surface area contributed by atoms with Crippen LogP contribution in [-0.4, -0.2) is 37.2 Å². The molecule has 0 saturated carbocycles. The lowest BCUT2D eigenvalue weighted by molar-refractivity contribution is -0.167. The Balaban J connectivity index is 4.17. The van der Waals surface area contributed by atoms with Crippen molar-refractivity contribution in [3.63, 3.8) is 0 Å². The van der Waals surface area contributed by atoms with Gasteiger partial charge in [0.05, 0.1) is 0 Å². The summed E-state index contributed by atoms with van der Waals surface area (Å²) in [4.78, 5) is 38.4. The van der Waals surface area contributed by atoms with E-state index in [4.69, 9.17) is 14.2 Å². The minimum Gasteiger partial charge on any atom is -0.462 e. The molecule has 0 aromatic carbocycles. The fraction of sp³-hybridized carbons (Fsp3) is 0.776. The number of hydrogen-bond acceptors (Lipinski definition) is 6. The molecule has 0 saturated heterocycles. The summed E-state index contributed by atoms with van der Waals surface area (Å²) < 4.78 is 17.0. The quantitative estimate of drug-likeness (QED) is 0.0261. The summed E-state index contributed by atoms with van der Waals surface area (Å²) in [6.07, 6.45) is 93.3. The third-order valence-electron chi connectivity index (χ3n) is 15.6. The third kappa shape index (κ3) is 67.4. The molecule has 82 heavy (non-hydrogen) atoms. The molecule has 6 nitrogen and oxygen atoms in total. The normalized spacial score (nSPS) is 12.6. The Morgan fingerprint density at radius 1 is 0.256 bits per heavy atom. The molecular formula is C76H134O6. The lowest BCUT2D eigenvalue weighted by atomic mass is 10.0. The Hall–Kier alpha value is -3.41. The highest BCUT2D eigenvalue weighted by molar-refractivity contribution is 5.71. The number of carbonyl (C=O) groups excluding carboxylic acids is 3. The van der Waals surface area contributed by atoms with Crippen molar-refractivity contribution in [3.05, 3.63) is 85.1 Å². The van der Waals surface area contributed by atoms with Crippen LogP contribution in [0.2, 0.25) is 0 Å². The van der Waals surface area contributed by atoms with E-state index in [1.54, 1.807) is 0 Å². The van der Waals surface area contributed by atoms with Gasteiger partial charge >= 0.3 is 17.9 Å². The zero-order chi connectivity index (χ0) is 59.2. The van der Waals surface area contributed by atoms with Gasteiger partial charge in [-0.25, -0.2) is 0 Å². The van der Waals surface area contributed by atoms with Crippen LogP contribution in [-0.2, 0) is 28.6 Å². The van der Waals surface area contributed by atoms with Gasteiger partial charge in [0.2, 0.25) is 0 Å². The number of ether oxygens (including phenoxy) is 3. The maximum absolute atomic E-state index is 12.9. The van der Waals surface area contributed by atoms with Gasteiger partial charge < -0.3 is 14.2 Å². The van der Waals surface area contributed by atoms with Gasteiger partial charge in [0, 0.05) is 19.3 Å². The molecule has 0 radical (unpaired) electrons. The Morgan fingerprint density at radius 2 is 0.476 bits per heavy atom. The monoisotopic (exact) mass is 1140 g/mol. The second-order valence-corrected chi connectivity index (χ2v) is 23.8. The molecule has 0 N–H and O–H groups in total. The summed E-state index contributed by atoms with van der Waals surface area (Å²) in [5, 5.41) is 0. The molecule has 0 aliphatic rings. The van der Waals surface area contributed by atoms with Gasteiger partial charge in [-0.2, -0.15) is 0 Å². The van der Waals surface area contributed by atoms with Crippen LogP contribution in [0.3, 0.4) is 0 Å². The topological polar surface area (TPSA) is 78.9 Å².